The van der Waals surface area contributed by atoms with Crippen molar-refractivity contribution in [1.82, 2.24) is 4.98 Å². The van der Waals surface area contributed by atoms with Crippen molar-refractivity contribution in [2.75, 3.05) is 0 Å². The third kappa shape index (κ3) is 4.41. The highest BCUT2D eigenvalue weighted by atomic mass is 14.7. The first-order chi connectivity index (χ1) is 11.2. The molecule has 0 aliphatic carbocycles. The smallest absolute Gasteiger partial charge is 0.0715 e. The monoisotopic (exact) mass is 305 g/mol. The lowest BCUT2D eigenvalue weighted by Crippen LogP contribution is -1.91. The van der Waals surface area contributed by atoms with E-state index in [1.807, 2.05) is 12.1 Å². The standard InChI is InChI=1S/C17H15N.C5H12/c1-12-6-5-7-13(2)17(12)16-11-10-14-8-3-4-9-15(14)18-16;1-3-5-4-2/h3-11H,1-2H3;3-5H2,1-2H3. The zero-order valence-electron chi connectivity index (χ0n) is 14.8. The highest BCUT2D eigenvalue weighted by molar-refractivity contribution is 5.82. The zero-order chi connectivity index (χ0) is 16.7. The molecule has 0 aliphatic heterocycles. The molecule has 0 spiro atoms. The van der Waals surface area contributed by atoms with Crippen LogP contribution < -0.4 is 0 Å². The Balaban J connectivity index is 0.000000338. The number of aryl methyl sites for hydroxylation is 2. The minimum Gasteiger partial charge on any atom is -0.248 e. The Morgan fingerprint density at radius 1 is 0.739 bits per heavy atom. The van der Waals surface area contributed by atoms with E-state index in [0.717, 1.165) is 11.2 Å². The summed E-state index contributed by atoms with van der Waals surface area (Å²) in [5.41, 5.74) is 5.92. The van der Waals surface area contributed by atoms with Gasteiger partial charge < -0.3 is 0 Å². The maximum Gasteiger partial charge on any atom is 0.0715 e. The normalized spacial score (nSPS) is 10.3. The van der Waals surface area contributed by atoms with Crippen LogP contribution in [0.2, 0.25) is 0 Å². The number of pyridine rings is 1. The third-order valence-electron chi connectivity index (χ3n) is 4.04. The molecule has 1 heteroatoms. The van der Waals surface area contributed by atoms with Gasteiger partial charge in [-0.2, -0.15) is 0 Å². The lowest BCUT2D eigenvalue weighted by molar-refractivity contribution is 0.772. The van der Waals surface area contributed by atoms with Crippen molar-refractivity contribution in [2.45, 2.75) is 47.0 Å². The maximum absolute atomic E-state index is 4.77. The molecule has 0 aliphatic rings. The molecule has 0 bridgehead atoms. The van der Waals surface area contributed by atoms with Crippen molar-refractivity contribution < 1.29 is 0 Å². The average molecular weight is 305 g/mol. The molecule has 0 saturated heterocycles. The minimum atomic E-state index is 1.05. The molecule has 23 heavy (non-hydrogen) atoms. The van der Waals surface area contributed by atoms with Crippen LogP contribution in [-0.2, 0) is 0 Å². The van der Waals surface area contributed by atoms with E-state index in [4.69, 9.17) is 4.98 Å². The quantitative estimate of drug-likeness (QED) is 0.523. The largest absolute Gasteiger partial charge is 0.248 e. The summed E-state index contributed by atoms with van der Waals surface area (Å²) in [6.45, 7) is 8.70. The van der Waals surface area contributed by atoms with E-state index >= 15 is 0 Å². The molecule has 0 amide bonds. The van der Waals surface area contributed by atoms with Gasteiger partial charge in [0.2, 0.25) is 0 Å². The SMILES string of the molecule is CCCCC.Cc1cccc(C)c1-c1ccc2ccccc2n1. The van der Waals surface area contributed by atoms with Crippen LogP contribution in [0.4, 0.5) is 0 Å². The van der Waals surface area contributed by atoms with Crippen molar-refractivity contribution in [2.24, 2.45) is 0 Å². The van der Waals surface area contributed by atoms with E-state index in [2.05, 4.69) is 70.2 Å². The summed E-state index contributed by atoms with van der Waals surface area (Å²) in [6, 6.07) is 18.9. The molecule has 1 heterocycles. The second kappa shape index (κ2) is 8.47. The van der Waals surface area contributed by atoms with Crippen LogP contribution in [-0.4, -0.2) is 4.98 Å². The molecular weight excluding hydrogens is 278 g/mol. The fourth-order valence-corrected chi connectivity index (χ4v) is 2.78. The molecular formula is C22H27N. The summed E-state index contributed by atoms with van der Waals surface area (Å²) < 4.78 is 0. The van der Waals surface area contributed by atoms with Gasteiger partial charge in [-0.05, 0) is 37.1 Å². The Morgan fingerprint density at radius 2 is 1.39 bits per heavy atom. The lowest BCUT2D eigenvalue weighted by atomic mass is 9.99. The minimum absolute atomic E-state index is 1.05. The van der Waals surface area contributed by atoms with Crippen molar-refractivity contribution >= 4 is 10.9 Å². The average Bonchev–Trinajstić information content (AvgIpc) is 2.56. The summed E-state index contributed by atoms with van der Waals surface area (Å²) in [4.78, 5) is 4.77. The van der Waals surface area contributed by atoms with Crippen LogP contribution in [0.3, 0.4) is 0 Å². The molecule has 0 radical (unpaired) electrons. The first-order valence-electron chi connectivity index (χ1n) is 8.59. The fourth-order valence-electron chi connectivity index (χ4n) is 2.78. The first-order valence-corrected chi connectivity index (χ1v) is 8.59. The summed E-state index contributed by atoms with van der Waals surface area (Å²) in [5.74, 6) is 0. The Bertz CT molecular complexity index is 737. The molecule has 0 unspecified atom stereocenters. The summed E-state index contributed by atoms with van der Waals surface area (Å²) in [7, 11) is 0. The van der Waals surface area contributed by atoms with Gasteiger partial charge in [0.15, 0.2) is 0 Å². The fraction of sp³-hybridized carbons (Fsp3) is 0.318. The number of hydrogen-bond acceptors (Lipinski definition) is 1. The van der Waals surface area contributed by atoms with Gasteiger partial charge in [0.05, 0.1) is 11.2 Å². The van der Waals surface area contributed by atoms with Crippen molar-refractivity contribution in [3.63, 3.8) is 0 Å². The number of fused-ring (bicyclic) bond motifs is 1. The number of nitrogens with zero attached hydrogens (tertiary/aromatic N) is 1. The predicted molar refractivity (Wildman–Crippen MR) is 102 cm³/mol. The highest BCUT2D eigenvalue weighted by Gasteiger charge is 2.07. The van der Waals surface area contributed by atoms with Gasteiger partial charge in [-0.25, -0.2) is 4.98 Å². The second-order valence-electron chi connectivity index (χ2n) is 6.01. The first kappa shape index (κ1) is 17.2. The summed E-state index contributed by atoms with van der Waals surface area (Å²) in [6.07, 6.45) is 4.08. The number of hydrogen-bond donors (Lipinski definition) is 0. The van der Waals surface area contributed by atoms with Crippen LogP contribution in [0.25, 0.3) is 22.2 Å². The van der Waals surface area contributed by atoms with Gasteiger partial charge in [0.25, 0.3) is 0 Å². The molecule has 0 N–H and O–H groups in total. The number of unbranched alkanes of at least 4 members (excludes halogenated alkanes) is 2. The summed E-state index contributed by atoms with van der Waals surface area (Å²) >= 11 is 0. The Labute approximate surface area is 140 Å². The van der Waals surface area contributed by atoms with Crippen molar-refractivity contribution in [1.29, 1.82) is 0 Å². The van der Waals surface area contributed by atoms with Gasteiger partial charge in [0.1, 0.15) is 0 Å². The van der Waals surface area contributed by atoms with Gasteiger partial charge in [-0.15, -0.1) is 0 Å². The van der Waals surface area contributed by atoms with Crippen molar-refractivity contribution in [3.8, 4) is 11.3 Å². The Hall–Kier alpha value is -2.15. The molecule has 1 aromatic heterocycles. The van der Waals surface area contributed by atoms with Crippen LogP contribution in [0.15, 0.2) is 54.6 Å². The Kier molecular flexibility index (Phi) is 6.34. The molecule has 0 saturated carbocycles. The van der Waals surface area contributed by atoms with E-state index in [9.17, 15) is 0 Å². The Morgan fingerprint density at radius 3 is 2.00 bits per heavy atom. The molecule has 0 atom stereocenters. The zero-order valence-corrected chi connectivity index (χ0v) is 14.8. The molecule has 3 aromatic rings. The molecule has 0 fully saturated rings. The number of rotatable bonds is 3. The van der Waals surface area contributed by atoms with E-state index in [1.54, 1.807) is 0 Å². The van der Waals surface area contributed by atoms with E-state index in [1.165, 1.54) is 41.3 Å². The predicted octanol–water partition coefficient (Wildman–Crippen LogP) is 6.72. The lowest BCUT2D eigenvalue weighted by Gasteiger charge is -2.09. The molecule has 120 valence electrons. The van der Waals surface area contributed by atoms with Crippen molar-refractivity contribution in [3.05, 3.63) is 65.7 Å². The molecule has 1 nitrogen and oxygen atoms in total. The van der Waals surface area contributed by atoms with E-state index in [0.29, 0.717) is 0 Å². The summed E-state index contributed by atoms with van der Waals surface area (Å²) in [5, 5.41) is 1.19. The van der Waals surface area contributed by atoms with E-state index in [-0.39, 0.29) is 0 Å². The van der Waals surface area contributed by atoms with Gasteiger partial charge in [-0.3, -0.25) is 0 Å². The number of para-hydroxylation sites is 1. The van der Waals surface area contributed by atoms with Gasteiger partial charge >= 0.3 is 0 Å². The maximum atomic E-state index is 4.77. The number of aromatic nitrogens is 1. The third-order valence-corrected chi connectivity index (χ3v) is 4.04. The number of benzene rings is 2. The topological polar surface area (TPSA) is 12.9 Å². The van der Waals surface area contributed by atoms with E-state index < -0.39 is 0 Å². The van der Waals surface area contributed by atoms with Crippen LogP contribution in [0, 0.1) is 13.8 Å². The second-order valence-corrected chi connectivity index (χ2v) is 6.01. The van der Waals surface area contributed by atoms with Gasteiger partial charge in [-0.1, -0.05) is 75.6 Å². The highest BCUT2D eigenvalue weighted by Crippen LogP contribution is 2.27. The molecule has 2 aromatic carbocycles. The molecule has 3 rings (SSSR count). The van der Waals surface area contributed by atoms with Gasteiger partial charge in [0, 0.05) is 10.9 Å². The van der Waals surface area contributed by atoms with Crippen LogP contribution in [0.5, 0.6) is 0 Å². The van der Waals surface area contributed by atoms with Crippen LogP contribution >= 0.6 is 0 Å². The van der Waals surface area contributed by atoms with Crippen LogP contribution in [0.1, 0.15) is 44.2 Å².